The van der Waals surface area contributed by atoms with E-state index in [1.165, 1.54) is 5.69 Å². The van der Waals surface area contributed by atoms with Gasteiger partial charge < -0.3 is 14.7 Å². The van der Waals surface area contributed by atoms with Crippen LogP contribution in [0, 0.1) is 0 Å². The number of anilines is 1. The summed E-state index contributed by atoms with van der Waals surface area (Å²) in [5, 5.41) is 0. The van der Waals surface area contributed by atoms with Gasteiger partial charge in [-0.1, -0.05) is 18.2 Å². The Morgan fingerprint density at radius 1 is 1.04 bits per heavy atom. The van der Waals surface area contributed by atoms with E-state index in [1.54, 1.807) is 16.7 Å². The van der Waals surface area contributed by atoms with Crippen LogP contribution < -0.4 is 4.90 Å². The van der Waals surface area contributed by atoms with Crippen molar-refractivity contribution in [3.05, 3.63) is 34.7 Å². The second-order valence-corrected chi connectivity index (χ2v) is 7.07. The van der Waals surface area contributed by atoms with Crippen LogP contribution in [0.15, 0.2) is 29.2 Å². The molecule has 0 unspecified atom stereocenters. The molecule has 2 aliphatic heterocycles. The van der Waals surface area contributed by atoms with Crippen molar-refractivity contribution in [2.45, 2.75) is 0 Å². The third kappa shape index (κ3) is 4.22. The smallest absolute Gasteiger partial charge is 0.260 e. The number of benzene rings is 1. The molecule has 0 saturated carbocycles. The fraction of sp³-hybridized carbons (Fsp3) is 0.471. The van der Waals surface area contributed by atoms with Gasteiger partial charge in [0.1, 0.15) is 0 Å². The van der Waals surface area contributed by atoms with Crippen LogP contribution in [0.3, 0.4) is 0 Å². The highest BCUT2D eigenvalue weighted by Gasteiger charge is 2.22. The third-order valence-corrected chi connectivity index (χ3v) is 5.30. The predicted octanol–water partition coefficient (Wildman–Crippen LogP) is 2.41. The summed E-state index contributed by atoms with van der Waals surface area (Å²) in [6.07, 6.45) is 2.07. The molecule has 0 aliphatic carbocycles. The molecule has 0 radical (unpaired) electrons. The number of thioether (sulfide) groups is 1. The molecule has 2 fully saturated rings. The molecule has 2 saturated heterocycles. The molecule has 6 heteroatoms. The Kier molecular flexibility index (Phi) is 6.39. The average Bonchev–Trinajstić information content (AvgIpc) is 2.53. The molecule has 2 aliphatic rings. The zero-order chi connectivity index (χ0) is 15.5. The topological polar surface area (TPSA) is 26.8 Å². The van der Waals surface area contributed by atoms with Gasteiger partial charge in [0.05, 0.1) is 4.91 Å². The SMILES string of the molecule is CN1CCN(c2ccccc2/C=C2\SCCN(C)C2=O)CC1.Cl. The van der Waals surface area contributed by atoms with Crippen molar-refractivity contribution >= 4 is 41.8 Å². The first-order chi connectivity index (χ1) is 10.6. The first-order valence-electron chi connectivity index (χ1n) is 7.77. The molecule has 1 aromatic rings. The molecule has 0 atom stereocenters. The maximum Gasteiger partial charge on any atom is 0.260 e. The lowest BCUT2D eigenvalue weighted by atomic mass is 10.1. The number of nitrogens with zero attached hydrogens (tertiary/aromatic N) is 3. The lowest BCUT2D eigenvalue weighted by Gasteiger charge is -2.35. The molecule has 2 heterocycles. The number of halogens is 1. The van der Waals surface area contributed by atoms with Crippen LogP contribution in [0.2, 0.25) is 0 Å². The van der Waals surface area contributed by atoms with Gasteiger partial charge in [0.2, 0.25) is 0 Å². The first kappa shape index (κ1) is 18.2. The summed E-state index contributed by atoms with van der Waals surface area (Å²) < 4.78 is 0. The summed E-state index contributed by atoms with van der Waals surface area (Å²) in [7, 11) is 4.04. The number of hydrogen-bond donors (Lipinski definition) is 0. The number of hydrogen-bond acceptors (Lipinski definition) is 4. The number of rotatable bonds is 2. The summed E-state index contributed by atoms with van der Waals surface area (Å²) in [4.78, 5) is 19.7. The number of para-hydroxylation sites is 1. The van der Waals surface area contributed by atoms with Gasteiger partial charge in [-0.25, -0.2) is 0 Å². The van der Waals surface area contributed by atoms with E-state index in [1.807, 2.05) is 13.1 Å². The van der Waals surface area contributed by atoms with Gasteiger partial charge >= 0.3 is 0 Å². The largest absolute Gasteiger partial charge is 0.368 e. The Morgan fingerprint density at radius 2 is 1.74 bits per heavy atom. The van der Waals surface area contributed by atoms with Crippen molar-refractivity contribution in [2.24, 2.45) is 0 Å². The number of likely N-dealkylation sites (N-methyl/N-ethyl adjacent to an activating group) is 2. The normalized spacial score (nSPS) is 21.5. The van der Waals surface area contributed by atoms with Crippen molar-refractivity contribution < 1.29 is 4.79 Å². The molecule has 4 nitrogen and oxygen atoms in total. The number of carbonyl (C=O) groups is 1. The van der Waals surface area contributed by atoms with Crippen LogP contribution in [-0.4, -0.2) is 68.3 Å². The molecule has 126 valence electrons. The number of carbonyl (C=O) groups excluding carboxylic acids is 1. The van der Waals surface area contributed by atoms with E-state index in [0.717, 1.165) is 48.9 Å². The van der Waals surface area contributed by atoms with E-state index >= 15 is 0 Å². The van der Waals surface area contributed by atoms with Crippen molar-refractivity contribution in [3.8, 4) is 0 Å². The highest BCUT2D eigenvalue weighted by Crippen LogP contribution is 2.29. The monoisotopic (exact) mass is 353 g/mol. The van der Waals surface area contributed by atoms with E-state index in [9.17, 15) is 4.79 Å². The summed E-state index contributed by atoms with van der Waals surface area (Å²) in [5.74, 6) is 1.12. The Morgan fingerprint density at radius 3 is 2.48 bits per heavy atom. The Bertz CT molecular complexity index is 585. The summed E-state index contributed by atoms with van der Waals surface area (Å²) in [6.45, 7) is 5.08. The fourth-order valence-corrected chi connectivity index (χ4v) is 3.91. The fourth-order valence-electron chi connectivity index (χ4n) is 2.83. The highest BCUT2D eigenvalue weighted by molar-refractivity contribution is 8.04. The standard InChI is InChI=1S/C17H23N3OS.ClH/c1-18-7-9-20(10-8-18)15-6-4-3-5-14(15)13-16-17(21)19(2)11-12-22-16;/h3-6,13H,7-12H2,1-2H3;1H/b16-13-;. The van der Waals surface area contributed by atoms with Crippen molar-refractivity contribution in [2.75, 3.05) is 57.5 Å². The quantitative estimate of drug-likeness (QED) is 0.763. The second-order valence-electron chi connectivity index (χ2n) is 5.93. The zero-order valence-corrected chi connectivity index (χ0v) is 15.3. The lowest BCUT2D eigenvalue weighted by Crippen LogP contribution is -2.44. The zero-order valence-electron chi connectivity index (χ0n) is 13.7. The number of amides is 1. The molecule has 0 aromatic heterocycles. The van der Waals surface area contributed by atoms with Crippen LogP contribution in [-0.2, 0) is 4.79 Å². The van der Waals surface area contributed by atoms with Gasteiger partial charge in [-0.2, -0.15) is 0 Å². The average molecular weight is 354 g/mol. The second kappa shape index (κ2) is 8.08. The van der Waals surface area contributed by atoms with Crippen LogP contribution in [0.25, 0.3) is 6.08 Å². The predicted molar refractivity (Wildman–Crippen MR) is 101 cm³/mol. The van der Waals surface area contributed by atoms with Gasteiger partial charge in [-0.15, -0.1) is 24.2 Å². The molecule has 0 bridgehead atoms. The molecule has 23 heavy (non-hydrogen) atoms. The molecule has 1 aromatic carbocycles. The van der Waals surface area contributed by atoms with Crippen LogP contribution in [0.4, 0.5) is 5.69 Å². The van der Waals surface area contributed by atoms with Gasteiger partial charge in [-0.3, -0.25) is 4.79 Å². The van der Waals surface area contributed by atoms with Crippen molar-refractivity contribution in [1.29, 1.82) is 0 Å². The summed E-state index contributed by atoms with van der Waals surface area (Å²) in [5.41, 5.74) is 2.39. The Labute approximate surface area is 148 Å². The van der Waals surface area contributed by atoms with Gasteiger partial charge in [0, 0.05) is 51.2 Å². The maximum absolute atomic E-state index is 12.3. The Hall–Kier alpha value is -1.17. The Balaban J connectivity index is 0.00000192. The van der Waals surface area contributed by atoms with E-state index in [-0.39, 0.29) is 18.3 Å². The van der Waals surface area contributed by atoms with E-state index < -0.39 is 0 Å². The van der Waals surface area contributed by atoms with E-state index in [0.29, 0.717) is 0 Å². The van der Waals surface area contributed by atoms with Crippen molar-refractivity contribution in [3.63, 3.8) is 0 Å². The molecule has 1 amide bonds. The molecular formula is C17H24ClN3OS. The van der Waals surface area contributed by atoms with Crippen LogP contribution in [0.5, 0.6) is 0 Å². The first-order valence-corrected chi connectivity index (χ1v) is 8.76. The lowest BCUT2D eigenvalue weighted by molar-refractivity contribution is -0.125. The molecular weight excluding hydrogens is 330 g/mol. The van der Waals surface area contributed by atoms with E-state index in [4.69, 9.17) is 0 Å². The molecule has 3 rings (SSSR count). The van der Waals surface area contributed by atoms with Gasteiger partial charge in [0.15, 0.2) is 0 Å². The summed E-state index contributed by atoms with van der Waals surface area (Å²) >= 11 is 1.67. The molecule has 0 spiro atoms. The number of piperazine rings is 1. The minimum Gasteiger partial charge on any atom is -0.368 e. The minimum atomic E-state index is 0. The van der Waals surface area contributed by atoms with Crippen molar-refractivity contribution in [1.82, 2.24) is 9.80 Å². The molecule has 0 N–H and O–H groups in total. The van der Waals surface area contributed by atoms with Crippen LogP contribution in [0.1, 0.15) is 5.56 Å². The van der Waals surface area contributed by atoms with Crippen LogP contribution >= 0.6 is 24.2 Å². The van der Waals surface area contributed by atoms with Gasteiger partial charge in [-0.05, 0) is 24.8 Å². The maximum atomic E-state index is 12.3. The highest BCUT2D eigenvalue weighted by atomic mass is 35.5. The minimum absolute atomic E-state index is 0. The third-order valence-electron chi connectivity index (χ3n) is 4.31. The van der Waals surface area contributed by atoms with E-state index in [2.05, 4.69) is 41.1 Å². The summed E-state index contributed by atoms with van der Waals surface area (Å²) in [6, 6.07) is 8.41. The van der Waals surface area contributed by atoms with Gasteiger partial charge in [0.25, 0.3) is 5.91 Å².